The van der Waals surface area contributed by atoms with Crippen LogP contribution < -0.4 is 5.32 Å². The molecule has 0 saturated carbocycles. The SMILES string of the molecule is CC1CNCCN1CCC(C)S(C)=O. The van der Waals surface area contributed by atoms with Crippen LogP contribution in [0.3, 0.4) is 0 Å². The van der Waals surface area contributed by atoms with Gasteiger partial charge in [-0.3, -0.25) is 9.11 Å². The van der Waals surface area contributed by atoms with E-state index in [-0.39, 0.29) is 0 Å². The fraction of sp³-hybridized carbons (Fsp3) is 1.00. The second-order valence-electron chi connectivity index (χ2n) is 4.19. The standard InChI is InChI=1S/C10H22N2OS/c1-9-8-11-5-7-12(9)6-4-10(2)14(3)13/h9-11H,4-8H2,1-3H3. The molecular formula is C10H22N2OS. The molecule has 3 nitrogen and oxygen atoms in total. The van der Waals surface area contributed by atoms with Crippen molar-refractivity contribution in [2.75, 3.05) is 32.4 Å². The van der Waals surface area contributed by atoms with E-state index in [1.54, 1.807) is 6.26 Å². The van der Waals surface area contributed by atoms with Crippen LogP contribution in [0.1, 0.15) is 20.3 Å². The van der Waals surface area contributed by atoms with Gasteiger partial charge in [0.25, 0.3) is 0 Å². The minimum absolute atomic E-state index is 0.331. The van der Waals surface area contributed by atoms with E-state index in [4.69, 9.17) is 0 Å². The zero-order valence-corrected chi connectivity index (χ0v) is 10.3. The molecule has 0 aromatic carbocycles. The quantitative estimate of drug-likeness (QED) is 0.743. The lowest BCUT2D eigenvalue weighted by Crippen LogP contribution is -2.50. The molecule has 1 heterocycles. The van der Waals surface area contributed by atoms with Crippen molar-refractivity contribution in [2.24, 2.45) is 0 Å². The molecule has 0 aromatic rings. The van der Waals surface area contributed by atoms with E-state index in [9.17, 15) is 4.21 Å². The second kappa shape index (κ2) is 5.83. The van der Waals surface area contributed by atoms with Gasteiger partial charge in [0, 0.05) is 48.0 Å². The van der Waals surface area contributed by atoms with Gasteiger partial charge in [-0.2, -0.15) is 0 Å². The van der Waals surface area contributed by atoms with Crippen molar-refractivity contribution < 1.29 is 4.21 Å². The first kappa shape index (κ1) is 12.1. The number of nitrogens with one attached hydrogen (secondary N) is 1. The van der Waals surface area contributed by atoms with Crippen LogP contribution in [0.4, 0.5) is 0 Å². The van der Waals surface area contributed by atoms with E-state index in [1.165, 1.54) is 0 Å². The Morgan fingerprint density at radius 3 is 2.93 bits per heavy atom. The summed E-state index contributed by atoms with van der Waals surface area (Å²) in [6, 6.07) is 0.626. The summed E-state index contributed by atoms with van der Waals surface area (Å²) in [7, 11) is -0.668. The van der Waals surface area contributed by atoms with Crippen LogP contribution in [0, 0.1) is 0 Å². The molecule has 3 atom stereocenters. The van der Waals surface area contributed by atoms with Crippen LogP contribution in [0.15, 0.2) is 0 Å². The number of piperazine rings is 1. The normalized spacial score (nSPS) is 28.6. The highest BCUT2D eigenvalue weighted by atomic mass is 32.2. The molecule has 0 bridgehead atoms. The van der Waals surface area contributed by atoms with Crippen molar-refractivity contribution in [1.29, 1.82) is 0 Å². The van der Waals surface area contributed by atoms with Crippen LogP contribution in [0.2, 0.25) is 0 Å². The highest BCUT2D eigenvalue weighted by Crippen LogP contribution is 2.06. The Labute approximate surface area is 89.7 Å². The topological polar surface area (TPSA) is 32.3 Å². The third kappa shape index (κ3) is 3.67. The lowest BCUT2D eigenvalue weighted by molar-refractivity contribution is 0.172. The smallest absolute Gasteiger partial charge is 0.0329 e. The van der Waals surface area contributed by atoms with Crippen LogP contribution in [-0.4, -0.2) is 52.8 Å². The van der Waals surface area contributed by atoms with Gasteiger partial charge in [-0.1, -0.05) is 6.92 Å². The summed E-state index contributed by atoms with van der Waals surface area (Å²) < 4.78 is 11.2. The summed E-state index contributed by atoms with van der Waals surface area (Å²) in [6.45, 7) is 8.72. The lowest BCUT2D eigenvalue weighted by atomic mass is 10.2. The first-order valence-electron chi connectivity index (χ1n) is 5.38. The fourth-order valence-corrected chi connectivity index (χ4v) is 2.17. The predicted molar refractivity (Wildman–Crippen MR) is 62.1 cm³/mol. The summed E-state index contributed by atoms with van der Waals surface area (Å²) in [4.78, 5) is 2.49. The van der Waals surface area contributed by atoms with E-state index in [1.807, 2.05) is 0 Å². The third-order valence-corrected chi connectivity index (χ3v) is 4.40. The number of hydrogen-bond donors (Lipinski definition) is 1. The molecule has 14 heavy (non-hydrogen) atoms. The molecule has 0 spiro atoms. The van der Waals surface area contributed by atoms with Gasteiger partial charge >= 0.3 is 0 Å². The largest absolute Gasteiger partial charge is 0.314 e. The van der Waals surface area contributed by atoms with E-state index in [0.29, 0.717) is 11.3 Å². The third-order valence-electron chi connectivity index (χ3n) is 3.03. The molecule has 84 valence electrons. The molecule has 0 radical (unpaired) electrons. The molecule has 3 unspecified atom stereocenters. The Morgan fingerprint density at radius 2 is 2.36 bits per heavy atom. The number of hydrogen-bond acceptors (Lipinski definition) is 3. The van der Waals surface area contributed by atoms with Crippen molar-refractivity contribution >= 4 is 10.8 Å². The Kier molecular flexibility index (Phi) is 5.06. The molecule has 1 rings (SSSR count). The summed E-state index contributed by atoms with van der Waals surface area (Å²) in [5.74, 6) is 0. The van der Waals surface area contributed by atoms with Crippen LogP contribution in [-0.2, 0) is 10.8 Å². The maximum atomic E-state index is 11.2. The molecule has 1 N–H and O–H groups in total. The first-order valence-corrected chi connectivity index (χ1v) is 7.00. The van der Waals surface area contributed by atoms with Gasteiger partial charge in [0.15, 0.2) is 0 Å². The van der Waals surface area contributed by atoms with Crippen molar-refractivity contribution in [2.45, 2.75) is 31.6 Å². The average molecular weight is 218 g/mol. The Balaban J connectivity index is 2.25. The van der Waals surface area contributed by atoms with Crippen molar-refractivity contribution in [1.82, 2.24) is 10.2 Å². The first-order chi connectivity index (χ1) is 6.61. The summed E-state index contributed by atoms with van der Waals surface area (Å²) in [5.41, 5.74) is 0. The van der Waals surface area contributed by atoms with Crippen LogP contribution in [0.25, 0.3) is 0 Å². The predicted octanol–water partition coefficient (Wildman–Crippen LogP) is 0.437. The number of rotatable bonds is 4. The number of nitrogens with zero attached hydrogens (tertiary/aromatic N) is 1. The molecule has 1 aliphatic heterocycles. The monoisotopic (exact) mass is 218 g/mol. The molecular weight excluding hydrogens is 196 g/mol. The van der Waals surface area contributed by atoms with Gasteiger partial charge in [-0.25, -0.2) is 0 Å². The Morgan fingerprint density at radius 1 is 1.64 bits per heavy atom. The van der Waals surface area contributed by atoms with Gasteiger partial charge in [-0.15, -0.1) is 0 Å². The van der Waals surface area contributed by atoms with Gasteiger partial charge in [0.2, 0.25) is 0 Å². The van der Waals surface area contributed by atoms with Gasteiger partial charge < -0.3 is 5.32 Å². The maximum absolute atomic E-state index is 11.2. The van der Waals surface area contributed by atoms with E-state index in [2.05, 4.69) is 24.1 Å². The molecule has 1 fully saturated rings. The minimum Gasteiger partial charge on any atom is -0.314 e. The van der Waals surface area contributed by atoms with E-state index >= 15 is 0 Å². The summed E-state index contributed by atoms with van der Waals surface area (Å²) in [5, 5.41) is 3.70. The van der Waals surface area contributed by atoms with Crippen LogP contribution in [0.5, 0.6) is 0 Å². The van der Waals surface area contributed by atoms with E-state index < -0.39 is 10.8 Å². The van der Waals surface area contributed by atoms with Gasteiger partial charge in [0.05, 0.1) is 0 Å². The highest BCUT2D eigenvalue weighted by Gasteiger charge is 2.18. The zero-order valence-electron chi connectivity index (χ0n) is 9.45. The van der Waals surface area contributed by atoms with Gasteiger partial charge in [-0.05, 0) is 19.9 Å². The molecule has 4 heteroatoms. The maximum Gasteiger partial charge on any atom is 0.0329 e. The minimum atomic E-state index is -0.668. The molecule has 0 amide bonds. The average Bonchev–Trinajstić information content (AvgIpc) is 2.16. The van der Waals surface area contributed by atoms with Crippen molar-refractivity contribution in [3.05, 3.63) is 0 Å². The Hall–Kier alpha value is 0.0700. The lowest BCUT2D eigenvalue weighted by Gasteiger charge is -2.34. The van der Waals surface area contributed by atoms with E-state index in [0.717, 1.165) is 32.6 Å². The molecule has 1 aliphatic rings. The Bertz CT molecular complexity index is 199. The van der Waals surface area contributed by atoms with Crippen molar-refractivity contribution in [3.63, 3.8) is 0 Å². The zero-order chi connectivity index (χ0) is 10.6. The molecule has 0 aliphatic carbocycles. The van der Waals surface area contributed by atoms with Gasteiger partial charge in [0.1, 0.15) is 0 Å². The second-order valence-corrected chi connectivity index (χ2v) is 5.99. The summed E-state index contributed by atoms with van der Waals surface area (Å²) in [6.07, 6.45) is 2.85. The van der Waals surface area contributed by atoms with Crippen LogP contribution >= 0.6 is 0 Å². The summed E-state index contributed by atoms with van der Waals surface area (Å²) >= 11 is 0. The molecule has 0 aromatic heterocycles. The highest BCUT2D eigenvalue weighted by molar-refractivity contribution is 7.84. The van der Waals surface area contributed by atoms with Crippen molar-refractivity contribution in [3.8, 4) is 0 Å². The fourth-order valence-electron chi connectivity index (χ4n) is 1.73. The molecule has 1 saturated heterocycles.